The molecule has 2 rings (SSSR count). The lowest BCUT2D eigenvalue weighted by Crippen LogP contribution is -2.11. The first-order valence-corrected chi connectivity index (χ1v) is 6.70. The van der Waals surface area contributed by atoms with Crippen molar-refractivity contribution < 1.29 is 9.53 Å². The number of amides is 1. The molecule has 0 aliphatic rings. The van der Waals surface area contributed by atoms with Gasteiger partial charge in [0.1, 0.15) is 10.8 Å². The van der Waals surface area contributed by atoms with E-state index in [1.165, 1.54) is 11.3 Å². The molecule has 0 unspecified atom stereocenters. The highest BCUT2D eigenvalue weighted by Gasteiger charge is 2.11. The van der Waals surface area contributed by atoms with E-state index in [0.29, 0.717) is 16.6 Å². The minimum Gasteiger partial charge on any atom is -0.497 e. The first kappa shape index (κ1) is 13.5. The van der Waals surface area contributed by atoms with E-state index in [0.717, 1.165) is 10.8 Å². The second-order valence-electron chi connectivity index (χ2n) is 4.28. The van der Waals surface area contributed by atoms with Gasteiger partial charge in [0.25, 0.3) is 5.91 Å². The van der Waals surface area contributed by atoms with Crippen LogP contribution in [-0.4, -0.2) is 23.2 Å². The van der Waals surface area contributed by atoms with Crippen molar-refractivity contribution in [3.8, 4) is 5.75 Å². The van der Waals surface area contributed by atoms with Gasteiger partial charge in [-0.2, -0.15) is 0 Å². The zero-order chi connectivity index (χ0) is 13.8. The predicted octanol–water partition coefficient (Wildman–Crippen LogP) is 2.92. The Kier molecular flexibility index (Phi) is 4.11. The van der Waals surface area contributed by atoms with Gasteiger partial charge in [0.15, 0.2) is 0 Å². The summed E-state index contributed by atoms with van der Waals surface area (Å²) >= 11 is 1.39. The number of ether oxygens (including phenoxy) is 1. The van der Waals surface area contributed by atoms with Crippen molar-refractivity contribution in [3.63, 3.8) is 0 Å². The van der Waals surface area contributed by atoms with Gasteiger partial charge >= 0.3 is 0 Å². The van der Waals surface area contributed by atoms with Crippen LogP contribution in [0.15, 0.2) is 24.3 Å². The Morgan fingerprint density at radius 3 is 2.47 bits per heavy atom. The van der Waals surface area contributed by atoms with E-state index >= 15 is 0 Å². The van der Waals surface area contributed by atoms with Gasteiger partial charge in [0.05, 0.1) is 7.11 Å². The van der Waals surface area contributed by atoms with Gasteiger partial charge < -0.3 is 4.74 Å². The van der Waals surface area contributed by atoms with Crippen LogP contribution in [0.25, 0.3) is 0 Å². The number of hydrogen-bond donors (Lipinski definition) is 1. The number of nitrogens with one attached hydrogen (secondary N) is 1. The van der Waals surface area contributed by atoms with E-state index in [2.05, 4.69) is 15.5 Å². The molecule has 1 aromatic carbocycles. The Hall–Kier alpha value is -1.95. The summed E-state index contributed by atoms with van der Waals surface area (Å²) in [5.41, 5.74) is 0.557. The summed E-state index contributed by atoms with van der Waals surface area (Å²) in [4.78, 5) is 12.0. The van der Waals surface area contributed by atoms with Crippen molar-refractivity contribution in [2.45, 2.75) is 19.8 Å². The highest BCUT2D eigenvalue weighted by molar-refractivity contribution is 7.15. The average Bonchev–Trinajstić information content (AvgIpc) is 2.87. The Labute approximate surface area is 115 Å². The molecule has 1 heterocycles. The molecule has 5 nitrogen and oxygen atoms in total. The molecule has 6 heteroatoms. The lowest BCUT2D eigenvalue weighted by Gasteiger charge is -2.02. The minimum atomic E-state index is -0.200. The second-order valence-corrected chi connectivity index (χ2v) is 5.29. The van der Waals surface area contributed by atoms with E-state index in [1.807, 2.05) is 13.8 Å². The second kappa shape index (κ2) is 5.79. The van der Waals surface area contributed by atoms with Gasteiger partial charge in [-0.05, 0) is 24.3 Å². The number of hydrogen-bond acceptors (Lipinski definition) is 5. The predicted molar refractivity (Wildman–Crippen MR) is 74.9 cm³/mol. The maximum atomic E-state index is 12.0. The third kappa shape index (κ3) is 3.29. The van der Waals surface area contributed by atoms with Crippen molar-refractivity contribution >= 4 is 22.4 Å². The van der Waals surface area contributed by atoms with Crippen molar-refractivity contribution in [2.75, 3.05) is 12.4 Å². The number of benzene rings is 1. The topological polar surface area (TPSA) is 64.1 Å². The highest BCUT2D eigenvalue weighted by Crippen LogP contribution is 2.23. The molecule has 1 N–H and O–H groups in total. The Morgan fingerprint density at radius 1 is 1.26 bits per heavy atom. The van der Waals surface area contributed by atoms with Crippen LogP contribution in [0.1, 0.15) is 35.1 Å². The highest BCUT2D eigenvalue weighted by atomic mass is 32.1. The third-order valence-corrected chi connectivity index (χ3v) is 3.65. The maximum Gasteiger partial charge on any atom is 0.257 e. The van der Waals surface area contributed by atoms with E-state index in [1.54, 1.807) is 31.4 Å². The summed E-state index contributed by atoms with van der Waals surface area (Å²) in [5, 5.41) is 12.1. The number of anilines is 1. The molecule has 0 bridgehead atoms. The van der Waals surface area contributed by atoms with Crippen LogP contribution in [0.4, 0.5) is 5.13 Å². The van der Waals surface area contributed by atoms with Gasteiger partial charge in [-0.1, -0.05) is 25.2 Å². The SMILES string of the molecule is COc1ccc(C(=O)Nc2nnc(C(C)C)s2)cc1. The summed E-state index contributed by atoms with van der Waals surface area (Å²) in [5.74, 6) is 0.827. The number of nitrogens with zero attached hydrogens (tertiary/aromatic N) is 2. The normalized spacial score (nSPS) is 10.5. The Balaban J connectivity index is 2.06. The van der Waals surface area contributed by atoms with Gasteiger partial charge in [-0.3, -0.25) is 10.1 Å². The van der Waals surface area contributed by atoms with Crippen molar-refractivity contribution in [1.82, 2.24) is 10.2 Å². The first-order chi connectivity index (χ1) is 9.10. The van der Waals surface area contributed by atoms with Gasteiger partial charge in [-0.25, -0.2) is 0 Å². The fourth-order valence-electron chi connectivity index (χ4n) is 1.43. The molecule has 100 valence electrons. The fourth-order valence-corrected chi connectivity index (χ4v) is 2.17. The molecular weight excluding hydrogens is 262 g/mol. The number of methoxy groups -OCH3 is 1. The molecule has 0 fully saturated rings. The molecule has 0 spiro atoms. The smallest absolute Gasteiger partial charge is 0.257 e. The summed E-state index contributed by atoms with van der Waals surface area (Å²) in [6, 6.07) is 6.90. The summed E-state index contributed by atoms with van der Waals surface area (Å²) in [6.07, 6.45) is 0. The fraction of sp³-hybridized carbons (Fsp3) is 0.308. The van der Waals surface area contributed by atoms with Crippen LogP contribution in [0.5, 0.6) is 5.75 Å². The van der Waals surface area contributed by atoms with E-state index < -0.39 is 0 Å². The molecule has 19 heavy (non-hydrogen) atoms. The van der Waals surface area contributed by atoms with Crippen LogP contribution in [-0.2, 0) is 0 Å². The van der Waals surface area contributed by atoms with Crippen LogP contribution in [0.2, 0.25) is 0 Å². The average molecular weight is 277 g/mol. The number of carbonyl (C=O) groups is 1. The molecule has 0 aliphatic heterocycles. The van der Waals surface area contributed by atoms with E-state index in [4.69, 9.17) is 4.74 Å². The van der Waals surface area contributed by atoms with E-state index in [-0.39, 0.29) is 5.91 Å². The standard InChI is InChI=1S/C13H15N3O2S/c1-8(2)12-15-16-13(19-12)14-11(17)9-4-6-10(18-3)7-5-9/h4-8H,1-3H3,(H,14,16,17). The summed E-state index contributed by atoms with van der Waals surface area (Å²) in [7, 11) is 1.59. The number of carbonyl (C=O) groups excluding carboxylic acids is 1. The van der Waals surface area contributed by atoms with Gasteiger partial charge in [0.2, 0.25) is 5.13 Å². The molecule has 1 aromatic heterocycles. The van der Waals surface area contributed by atoms with Crippen LogP contribution in [0, 0.1) is 0 Å². The minimum absolute atomic E-state index is 0.200. The Morgan fingerprint density at radius 2 is 1.95 bits per heavy atom. The zero-order valence-corrected chi connectivity index (χ0v) is 11.8. The lowest BCUT2D eigenvalue weighted by atomic mass is 10.2. The molecule has 0 atom stereocenters. The first-order valence-electron chi connectivity index (χ1n) is 5.89. The van der Waals surface area contributed by atoms with Crippen LogP contribution in [0.3, 0.4) is 0 Å². The summed E-state index contributed by atoms with van der Waals surface area (Å²) in [6.45, 7) is 4.07. The Bertz CT molecular complexity index is 564. The molecule has 2 aromatic rings. The summed E-state index contributed by atoms with van der Waals surface area (Å²) < 4.78 is 5.04. The van der Waals surface area contributed by atoms with Crippen molar-refractivity contribution in [1.29, 1.82) is 0 Å². The number of aromatic nitrogens is 2. The molecule has 0 saturated carbocycles. The van der Waals surface area contributed by atoms with Crippen molar-refractivity contribution in [2.24, 2.45) is 0 Å². The monoisotopic (exact) mass is 277 g/mol. The maximum absolute atomic E-state index is 12.0. The quantitative estimate of drug-likeness (QED) is 0.933. The van der Waals surface area contributed by atoms with Crippen LogP contribution < -0.4 is 10.1 Å². The molecule has 0 aliphatic carbocycles. The largest absolute Gasteiger partial charge is 0.497 e. The molecule has 0 saturated heterocycles. The number of rotatable bonds is 4. The van der Waals surface area contributed by atoms with Crippen molar-refractivity contribution in [3.05, 3.63) is 34.8 Å². The van der Waals surface area contributed by atoms with E-state index in [9.17, 15) is 4.79 Å². The lowest BCUT2D eigenvalue weighted by molar-refractivity contribution is 0.102. The van der Waals surface area contributed by atoms with Gasteiger partial charge in [0, 0.05) is 11.5 Å². The zero-order valence-electron chi connectivity index (χ0n) is 11.0. The van der Waals surface area contributed by atoms with Crippen LogP contribution >= 0.6 is 11.3 Å². The molecule has 1 amide bonds. The third-order valence-electron chi connectivity index (χ3n) is 2.51. The molecular formula is C13H15N3O2S. The molecule has 0 radical (unpaired) electrons. The van der Waals surface area contributed by atoms with Gasteiger partial charge in [-0.15, -0.1) is 10.2 Å².